The standard InChI is InChI=1S/C43H83NO7/c1-6-8-10-12-14-16-18-19-20-21-22-23-24-26-27-29-31-33-41(45)50-38-39(37-49-36-35-40(43(47)48)44(3,4)5)51-42(46)34-32-30-28-25-17-15-13-11-9-7-2/h39-40H,6-38H2,1-5H3/p+1. The van der Waals surface area contributed by atoms with Crippen molar-refractivity contribution in [2.75, 3.05) is 41.0 Å². The van der Waals surface area contributed by atoms with Crippen LogP contribution in [0.2, 0.25) is 0 Å². The van der Waals surface area contributed by atoms with E-state index in [4.69, 9.17) is 14.2 Å². The average Bonchev–Trinajstić information content (AvgIpc) is 3.08. The number of ether oxygens (including phenoxy) is 3. The third kappa shape index (κ3) is 33.9. The van der Waals surface area contributed by atoms with Crippen LogP contribution < -0.4 is 0 Å². The Morgan fingerprint density at radius 1 is 0.510 bits per heavy atom. The van der Waals surface area contributed by atoms with Crippen LogP contribution in [-0.2, 0) is 28.6 Å². The number of hydrogen-bond donors (Lipinski definition) is 1. The summed E-state index contributed by atoms with van der Waals surface area (Å²) in [5.74, 6) is -1.45. The second-order valence-corrected chi connectivity index (χ2v) is 16.0. The van der Waals surface area contributed by atoms with E-state index in [1.807, 2.05) is 21.1 Å². The summed E-state index contributed by atoms with van der Waals surface area (Å²) in [6, 6.07) is -0.607. The van der Waals surface area contributed by atoms with Gasteiger partial charge in [0.15, 0.2) is 12.1 Å². The number of carboxylic acids is 1. The van der Waals surface area contributed by atoms with Gasteiger partial charge in [0.1, 0.15) is 6.61 Å². The lowest BCUT2D eigenvalue weighted by molar-refractivity contribution is -0.887. The van der Waals surface area contributed by atoms with Crippen molar-refractivity contribution >= 4 is 17.9 Å². The van der Waals surface area contributed by atoms with Gasteiger partial charge >= 0.3 is 17.9 Å². The lowest BCUT2D eigenvalue weighted by atomic mass is 10.0. The molecule has 0 saturated heterocycles. The van der Waals surface area contributed by atoms with Crippen LogP contribution in [0.25, 0.3) is 0 Å². The largest absolute Gasteiger partial charge is 0.477 e. The number of carbonyl (C=O) groups excluding carboxylic acids is 2. The molecule has 51 heavy (non-hydrogen) atoms. The van der Waals surface area contributed by atoms with Gasteiger partial charge in [-0.15, -0.1) is 0 Å². The van der Waals surface area contributed by atoms with E-state index in [0.717, 1.165) is 38.5 Å². The normalized spacial score (nSPS) is 12.9. The average molecular weight is 727 g/mol. The van der Waals surface area contributed by atoms with Gasteiger partial charge < -0.3 is 23.8 Å². The fourth-order valence-electron chi connectivity index (χ4n) is 6.62. The molecule has 0 aliphatic heterocycles. The van der Waals surface area contributed by atoms with Crippen molar-refractivity contribution in [1.82, 2.24) is 0 Å². The van der Waals surface area contributed by atoms with Crippen molar-refractivity contribution in [2.24, 2.45) is 0 Å². The van der Waals surface area contributed by atoms with Crippen molar-refractivity contribution in [3.8, 4) is 0 Å². The molecule has 0 saturated carbocycles. The molecule has 0 aliphatic rings. The highest BCUT2D eigenvalue weighted by Crippen LogP contribution is 2.16. The molecule has 8 heteroatoms. The molecule has 0 fully saturated rings. The highest BCUT2D eigenvalue weighted by Gasteiger charge is 2.31. The van der Waals surface area contributed by atoms with E-state index in [0.29, 0.717) is 19.3 Å². The minimum absolute atomic E-state index is 0.0424. The molecular formula is C43H84NO7+. The molecule has 0 aromatic carbocycles. The molecule has 302 valence electrons. The lowest BCUT2D eigenvalue weighted by Crippen LogP contribution is -2.50. The van der Waals surface area contributed by atoms with E-state index >= 15 is 0 Å². The highest BCUT2D eigenvalue weighted by atomic mass is 16.6. The molecule has 0 heterocycles. The number of aliphatic carboxylic acids is 1. The van der Waals surface area contributed by atoms with Gasteiger partial charge in [0.05, 0.1) is 34.4 Å². The van der Waals surface area contributed by atoms with E-state index in [1.54, 1.807) is 0 Å². The first-order chi connectivity index (χ1) is 24.6. The van der Waals surface area contributed by atoms with Gasteiger partial charge in [0.25, 0.3) is 0 Å². The van der Waals surface area contributed by atoms with Crippen molar-refractivity contribution in [2.45, 2.75) is 219 Å². The molecule has 0 aromatic rings. The second-order valence-electron chi connectivity index (χ2n) is 16.0. The molecule has 0 rings (SSSR count). The van der Waals surface area contributed by atoms with Crippen LogP contribution in [0.15, 0.2) is 0 Å². The van der Waals surface area contributed by atoms with Crippen molar-refractivity contribution in [3.63, 3.8) is 0 Å². The Bertz CT molecular complexity index is 813. The third-order valence-corrected chi connectivity index (χ3v) is 10.0. The van der Waals surface area contributed by atoms with Gasteiger partial charge in [0, 0.05) is 19.3 Å². The molecule has 0 bridgehead atoms. The SMILES string of the molecule is CCCCCCCCCCCCCCCCCCCC(=O)OCC(COCCC(C(=O)O)[N+](C)(C)C)OC(=O)CCCCCCCCCCCC. The van der Waals surface area contributed by atoms with Crippen molar-refractivity contribution in [1.29, 1.82) is 0 Å². The van der Waals surface area contributed by atoms with Gasteiger partial charge in [-0.25, -0.2) is 4.79 Å². The highest BCUT2D eigenvalue weighted by molar-refractivity contribution is 5.72. The lowest BCUT2D eigenvalue weighted by Gasteiger charge is -2.31. The summed E-state index contributed by atoms with van der Waals surface area (Å²) in [4.78, 5) is 36.8. The fourth-order valence-corrected chi connectivity index (χ4v) is 6.62. The first kappa shape index (κ1) is 49.3. The van der Waals surface area contributed by atoms with E-state index in [9.17, 15) is 19.5 Å². The summed E-state index contributed by atoms with van der Waals surface area (Å²) < 4.78 is 17.2. The monoisotopic (exact) mass is 727 g/mol. The summed E-state index contributed by atoms with van der Waals surface area (Å²) in [5, 5.41) is 9.59. The van der Waals surface area contributed by atoms with Crippen molar-refractivity contribution in [3.05, 3.63) is 0 Å². The molecule has 1 N–H and O–H groups in total. The quantitative estimate of drug-likeness (QED) is 0.0382. The Balaban J connectivity index is 4.25. The topological polar surface area (TPSA) is 99.1 Å². The van der Waals surface area contributed by atoms with Crippen LogP contribution in [0.5, 0.6) is 0 Å². The Hall–Kier alpha value is -1.67. The minimum atomic E-state index is -0.871. The summed E-state index contributed by atoms with van der Waals surface area (Å²) in [6.07, 6.45) is 34.3. The maximum Gasteiger partial charge on any atom is 0.362 e. The fraction of sp³-hybridized carbons (Fsp3) is 0.930. The Kier molecular flexibility index (Phi) is 34.2. The van der Waals surface area contributed by atoms with Gasteiger partial charge in [-0.1, -0.05) is 174 Å². The van der Waals surface area contributed by atoms with E-state index in [-0.39, 0.29) is 36.2 Å². The first-order valence-electron chi connectivity index (χ1n) is 21.6. The number of esters is 2. The zero-order valence-corrected chi connectivity index (χ0v) is 34.3. The second kappa shape index (κ2) is 35.4. The Morgan fingerprint density at radius 2 is 0.863 bits per heavy atom. The summed E-state index contributed by atoms with van der Waals surface area (Å²) in [5.41, 5.74) is 0. The minimum Gasteiger partial charge on any atom is -0.477 e. The predicted molar refractivity (Wildman–Crippen MR) is 211 cm³/mol. The van der Waals surface area contributed by atoms with Crippen LogP contribution >= 0.6 is 0 Å². The summed E-state index contributed by atoms with van der Waals surface area (Å²) in [7, 11) is 5.53. The number of hydrogen-bond acceptors (Lipinski definition) is 6. The van der Waals surface area contributed by atoms with Gasteiger partial charge in [0.2, 0.25) is 0 Å². The Labute approximate surface area is 315 Å². The molecule has 0 aromatic heterocycles. The molecule has 2 atom stereocenters. The number of unbranched alkanes of at least 4 members (excludes halogenated alkanes) is 25. The van der Waals surface area contributed by atoms with Crippen molar-refractivity contribution < 1.29 is 38.2 Å². The number of nitrogens with zero attached hydrogens (tertiary/aromatic N) is 1. The molecule has 0 aliphatic carbocycles. The molecular weight excluding hydrogens is 642 g/mol. The van der Waals surface area contributed by atoms with Crippen LogP contribution in [0, 0.1) is 0 Å². The van der Waals surface area contributed by atoms with Gasteiger partial charge in [-0.3, -0.25) is 9.59 Å². The molecule has 8 nitrogen and oxygen atoms in total. The number of rotatable bonds is 39. The Morgan fingerprint density at radius 3 is 1.22 bits per heavy atom. The summed E-state index contributed by atoms with van der Waals surface area (Å²) >= 11 is 0. The number of quaternary nitrogens is 1. The number of likely N-dealkylation sites (N-methyl/N-ethyl adjacent to an activating group) is 1. The van der Waals surface area contributed by atoms with Gasteiger partial charge in [-0.05, 0) is 12.8 Å². The zero-order chi connectivity index (χ0) is 37.8. The van der Waals surface area contributed by atoms with E-state index in [2.05, 4.69) is 13.8 Å². The number of carbonyl (C=O) groups is 3. The first-order valence-corrected chi connectivity index (χ1v) is 21.6. The maximum absolute atomic E-state index is 12.6. The van der Waals surface area contributed by atoms with E-state index < -0.39 is 18.1 Å². The molecule has 0 radical (unpaired) electrons. The molecule has 0 amide bonds. The van der Waals surface area contributed by atoms with E-state index in [1.165, 1.54) is 135 Å². The smallest absolute Gasteiger partial charge is 0.362 e. The molecule has 2 unspecified atom stereocenters. The number of carboxylic acid groups (broad SMARTS) is 1. The van der Waals surface area contributed by atoms with Crippen LogP contribution in [0.1, 0.15) is 206 Å². The zero-order valence-electron chi connectivity index (χ0n) is 34.3. The molecule has 0 spiro atoms. The summed E-state index contributed by atoms with van der Waals surface area (Å²) in [6.45, 7) is 4.75. The van der Waals surface area contributed by atoms with Crippen LogP contribution in [0.4, 0.5) is 0 Å². The third-order valence-electron chi connectivity index (χ3n) is 10.0. The predicted octanol–water partition coefficient (Wildman–Crippen LogP) is 11.4. The van der Waals surface area contributed by atoms with Crippen LogP contribution in [0.3, 0.4) is 0 Å². The maximum atomic E-state index is 12.6. The van der Waals surface area contributed by atoms with Crippen LogP contribution in [-0.4, -0.2) is 80.6 Å². The van der Waals surface area contributed by atoms with Gasteiger partial charge in [-0.2, -0.15) is 0 Å².